The van der Waals surface area contributed by atoms with Crippen molar-refractivity contribution in [1.82, 2.24) is 0 Å². The molecular formula is C5H6F2O2. The number of aldehydes is 1. The summed E-state index contributed by atoms with van der Waals surface area (Å²) in [6, 6.07) is 0. The van der Waals surface area contributed by atoms with E-state index in [2.05, 4.69) is 0 Å². The maximum absolute atomic E-state index is 12.0. The van der Waals surface area contributed by atoms with Gasteiger partial charge < -0.3 is 0 Å². The van der Waals surface area contributed by atoms with Crippen LogP contribution in [0.1, 0.15) is 6.42 Å². The summed E-state index contributed by atoms with van der Waals surface area (Å²) in [7, 11) is 0. The van der Waals surface area contributed by atoms with Crippen LogP contribution in [0.5, 0.6) is 0 Å². The van der Waals surface area contributed by atoms with E-state index in [0.717, 1.165) is 0 Å². The predicted molar refractivity (Wildman–Crippen MR) is 26.6 cm³/mol. The zero-order chi connectivity index (χ0) is 7.28. The molecule has 0 amide bonds. The van der Waals surface area contributed by atoms with Crippen LogP contribution in [0.15, 0.2) is 0 Å². The molecule has 0 N–H and O–H groups in total. The minimum Gasteiger partial charge on any atom is -0.294 e. The smallest absolute Gasteiger partial charge is 0.229 e. The molecule has 0 aliphatic rings. The summed E-state index contributed by atoms with van der Waals surface area (Å²) in [5, 5.41) is 0. The Labute approximate surface area is 50.9 Å². The van der Waals surface area contributed by atoms with Gasteiger partial charge >= 0.3 is 0 Å². The summed E-state index contributed by atoms with van der Waals surface area (Å²) >= 11 is 0. The van der Waals surface area contributed by atoms with E-state index in [0.29, 0.717) is 0 Å². The average molecular weight is 136 g/mol. The highest BCUT2D eigenvalue weighted by molar-refractivity contribution is 6.27. The lowest BCUT2D eigenvalue weighted by atomic mass is 10.2. The molecule has 52 valence electrons. The van der Waals surface area contributed by atoms with E-state index in [1.165, 1.54) is 0 Å². The van der Waals surface area contributed by atoms with Crippen molar-refractivity contribution in [3.8, 4) is 0 Å². The van der Waals surface area contributed by atoms with Gasteiger partial charge in [0.1, 0.15) is 0 Å². The maximum Gasteiger partial charge on any atom is 0.229 e. The van der Waals surface area contributed by atoms with E-state index in [-0.39, 0.29) is 6.29 Å². The normalized spacial score (nSPS) is 12.7. The number of alkyl halides is 2. The first-order valence-corrected chi connectivity index (χ1v) is 2.41. The van der Waals surface area contributed by atoms with Gasteiger partial charge in [0.15, 0.2) is 12.5 Å². The van der Waals surface area contributed by atoms with Gasteiger partial charge in [0.2, 0.25) is 5.78 Å². The van der Waals surface area contributed by atoms with Crippen molar-refractivity contribution < 1.29 is 18.4 Å². The van der Waals surface area contributed by atoms with Gasteiger partial charge in [0.05, 0.1) is 6.67 Å². The summed E-state index contributed by atoms with van der Waals surface area (Å²) in [4.78, 5) is 19.5. The standard InChI is InChI=1S/C5H6F2O2/c6-2-1-4(7)5(9)3-8/h3-4H,1-2H2. The van der Waals surface area contributed by atoms with Gasteiger partial charge in [0.25, 0.3) is 0 Å². The molecule has 0 bridgehead atoms. The van der Waals surface area contributed by atoms with Crippen LogP contribution in [0.25, 0.3) is 0 Å². The Hall–Kier alpha value is -0.800. The zero-order valence-corrected chi connectivity index (χ0v) is 4.64. The van der Waals surface area contributed by atoms with E-state index >= 15 is 0 Å². The van der Waals surface area contributed by atoms with Gasteiger partial charge in [-0.3, -0.25) is 14.0 Å². The summed E-state index contributed by atoms with van der Waals surface area (Å²) in [6.45, 7) is -0.916. The van der Waals surface area contributed by atoms with Crippen LogP contribution < -0.4 is 0 Å². The summed E-state index contributed by atoms with van der Waals surface area (Å²) in [6.07, 6.45) is -2.61. The van der Waals surface area contributed by atoms with Crippen LogP contribution in [0.4, 0.5) is 8.78 Å². The lowest BCUT2D eigenvalue weighted by molar-refractivity contribution is -0.133. The number of ketones is 1. The average Bonchev–Trinajstić information content (AvgIpc) is 1.87. The molecule has 0 spiro atoms. The number of carbonyl (C=O) groups excluding carboxylic acids is 2. The summed E-state index contributed by atoms with van der Waals surface area (Å²) in [5.74, 6) is -1.19. The molecule has 2 nitrogen and oxygen atoms in total. The van der Waals surface area contributed by atoms with Crippen molar-refractivity contribution in [3.05, 3.63) is 0 Å². The molecule has 4 heteroatoms. The molecule has 0 rings (SSSR count). The van der Waals surface area contributed by atoms with Crippen molar-refractivity contribution in [2.45, 2.75) is 12.6 Å². The van der Waals surface area contributed by atoms with Gasteiger partial charge in [-0.15, -0.1) is 0 Å². The highest BCUT2D eigenvalue weighted by atomic mass is 19.1. The molecule has 0 heterocycles. The number of Topliss-reactive ketones (excluding diaryl/α,β-unsaturated/α-hetero) is 1. The Bertz CT molecular complexity index is 114. The van der Waals surface area contributed by atoms with Crippen molar-refractivity contribution in [3.63, 3.8) is 0 Å². The first-order valence-electron chi connectivity index (χ1n) is 2.41. The van der Waals surface area contributed by atoms with Gasteiger partial charge in [0, 0.05) is 6.42 Å². The molecule has 0 aliphatic heterocycles. The largest absolute Gasteiger partial charge is 0.294 e. The summed E-state index contributed by atoms with van der Waals surface area (Å²) in [5.41, 5.74) is 0. The molecule has 9 heavy (non-hydrogen) atoms. The minimum absolute atomic E-state index is 0.139. The molecule has 0 saturated carbocycles. The quantitative estimate of drug-likeness (QED) is 0.415. The van der Waals surface area contributed by atoms with Crippen LogP contribution in [-0.2, 0) is 9.59 Å². The van der Waals surface area contributed by atoms with Gasteiger partial charge in [-0.25, -0.2) is 4.39 Å². The predicted octanol–water partition coefficient (Wildman–Crippen LogP) is 0.452. The molecule has 1 unspecified atom stereocenters. The third kappa shape index (κ3) is 2.90. The third-order valence-electron chi connectivity index (χ3n) is 0.787. The fourth-order valence-electron chi connectivity index (χ4n) is 0.312. The van der Waals surface area contributed by atoms with Crippen molar-refractivity contribution in [2.75, 3.05) is 6.67 Å². The molecule has 0 aromatic carbocycles. The Morgan fingerprint density at radius 1 is 1.67 bits per heavy atom. The Morgan fingerprint density at radius 2 is 2.22 bits per heavy atom. The number of carbonyl (C=O) groups is 2. The highest BCUT2D eigenvalue weighted by Gasteiger charge is 2.14. The zero-order valence-electron chi connectivity index (χ0n) is 4.64. The van der Waals surface area contributed by atoms with Gasteiger partial charge in [-0.05, 0) is 0 Å². The fraction of sp³-hybridized carbons (Fsp3) is 0.600. The van der Waals surface area contributed by atoms with Gasteiger partial charge in [-0.1, -0.05) is 0 Å². The molecule has 0 aromatic rings. The molecular weight excluding hydrogens is 130 g/mol. The summed E-state index contributed by atoms with van der Waals surface area (Å²) < 4.78 is 23.2. The van der Waals surface area contributed by atoms with E-state index in [1.807, 2.05) is 0 Å². The fourth-order valence-corrected chi connectivity index (χ4v) is 0.312. The second kappa shape index (κ2) is 4.12. The van der Waals surface area contributed by atoms with E-state index in [4.69, 9.17) is 0 Å². The maximum atomic E-state index is 12.0. The van der Waals surface area contributed by atoms with Crippen molar-refractivity contribution in [1.29, 1.82) is 0 Å². The van der Waals surface area contributed by atoms with E-state index < -0.39 is 25.1 Å². The molecule has 0 saturated heterocycles. The topological polar surface area (TPSA) is 34.1 Å². The van der Waals surface area contributed by atoms with Crippen LogP contribution in [0.3, 0.4) is 0 Å². The lowest BCUT2D eigenvalue weighted by Gasteiger charge is -1.95. The SMILES string of the molecule is O=CC(=O)C(F)CCF. The minimum atomic E-state index is -1.95. The van der Waals surface area contributed by atoms with Crippen molar-refractivity contribution >= 4 is 12.1 Å². The lowest BCUT2D eigenvalue weighted by Crippen LogP contribution is -2.16. The number of rotatable bonds is 4. The van der Waals surface area contributed by atoms with Crippen LogP contribution in [0, 0.1) is 0 Å². The third-order valence-corrected chi connectivity index (χ3v) is 0.787. The van der Waals surface area contributed by atoms with E-state index in [1.54, 1.807) is 0 Å². The molecule has 0 radical (unpaired) electrons. The molecule has 0 fully saturated rings. The number of hydrogen-bond acceptors (Lipinski definition) is 2. The Morgan fingerprint density at radius 3 is 2.56 bits per heavy atom. The first-order chi connectivity index (χ1) is 4.22. The number of halogens is 2. The molecule has 1 atom stereocenters. The van der Waals surface area contributed by atoms with Crippen LogP contribution >= 0.6 is 0 Å². The molecule has 0 aliphatic carbocycles. The second-order valence-corrected chi connectivity index (χ2v) is 1.47. The first kappa shape index (κ1) is 8.20. The monoisotopic (exact) mass is 136 g/mol. The Kier molecular flexibility index (Phi) is 3.75. The number of hydrogen-bond donors (Lipinski definition) is 0. The Balaban J connectivity index is 3.58. The van der Waals surface area contributed by atoms with Gasteiger partial charge in [-0.2, -0.15) is 0 Å². The van der Waals surface area contributed by atoms with Crippen molar-refractivity contribution in [2.24, 2.45) is 0 Å². The second-order valence-electron chi connectivity index (χ2n) is 1.47. The van der Waals surface area contributed by atoms with Crippen LogP contribution in [0.2, 0.25) is 0 Å². The van der Waals surface area contributed by atoms with Crippen LogP contribution in [-0.4, -0.2) is 24.9 Å². The van der Waals surface area contributed by atoms with E-state index in [9.17, 15) is 18.4 Å². The highest BCUT2D eigenvalue weighted by Crippen LogP contribution is 1.97. The molecule has 0 aromatic heterocycles.